The van der Waals surface area contributed by atoms with Gasteiger partial charge in [0.2, 0.25) is 5.82 Å². The highest BCUT2D eigenvalue weighted by molar-refractivity contribution is 9.10. The van der Waals surface area contributed by atoms with Crippen LogP contribution >= 0.6 is 15.9 Å². The van der Waals surface area contributed by atoms with Gasteiger partial charge in [-0.3, -0.25) is 0 Å². The van der Waals surface area contributed by atoms with E-state index in [4.69, 9.17) is 4.42 Å². The van der Waals surface area contributed by atoms with Crippen LogP contribution in [0.25, 0.3) is 22.6 Å². The predicted molar refractivity (Wildman–Crippen MR) is 101 cm³/mol. The van der Waals surface area contributed by atoms with Crippen molar-refractivity contribution in [1.29, 1.82) is 0 Å². The number of fused-ring (bicyclic) bond motifs is 1. The molecule has 0 saturated heterocycles. The van der Waals surface area contributed by atoms with Crippen molar-refractivity contribution < 1.29 is 35.2 Å². The Morgan fingerprint density at radius 1 is 0.938 bits per heavy atom. The summed E-state index contributed by atoms with van der Waals surface area (Å²) in [6.45, 7) is 0. The number of furan rings is 1. The first-order valence-electron chi connectivity index (χ1n) is 8.86. The Kier molecular flexibility index (Phi) is 5.47. The molecule has 0 spiro atoms. The maximum atomic E-state index is 14.9. The molecule has 168 valence electrons. The molecule has 0 saturated carbocycles. The number of nitrogens with one attached hydrogen (secondary N) is 1. The monoisotopic (exact) mass is 522 g/mol. The lowest BCUT2D eigenvalue weighted by molar-refractivity contribution is -0.144. The normalized spacial score (nSPS) is 12.6. The highest BCUT2D eigenvalue weighted by Gasteiger charge is 2.40. The molecule has 0 fully saturated rings. The Labute approximate surface area is 182 Å². The Bertz CT molecular complexity index is 1240. The molecule has 0 amide bonds. The molecule has 5 nitrogen and oxygen atoms in total. The first-order valence-corrected chi connectivity index (χ1v) is 9.66. The number of rotatable bonds is 4. The van der Waals surface area contributed by atoms with Crippen molar-refractivity contribution in [1.82, 2.24) is 20.6 Å². The molecule has 2 heterocycles. The third-order valence-electron chi connectivity index (χ3n) is 4.70. The van der Waals surface area contributed by atoms with Crippen LogP contribution in [0, 0.1) is 5.82 Å². The number of aromatic amines is 1. The smallest absolute Gasteiger partial charge is 0.417 e. The minimum Gasteiger partial charge on any atom is -0.449 e. The molecule has 4 aromatic rings. The molecule has 13 heteroatoms. The van der Waals surface area contributed by atoms with Gasteiger partial charge in [-0.25, -0.2) is 4.39 Å². The van der Waals surface area contributed by atoms with Gasteiger partial charge >= 0.3 is 12.4 Å². The average molecular weight is 523 g/mol. The van der Waals surface area contributed by atoms with Gasteiger partial charge in [-0.1, -0.05) is 12.1 Å². The first kappa shape index (κ1) is 22.2. The van der Waals surface area contributed by atoms with Crippen molar-refractivity contribution in [2.24, 2.45) is 0 Å². The van der Waals surface area contributed by atoms with E-state index in [1.807, 2.05) is 0 Å². The molecule has 0 aliphatic carbocycles. The Morgan fingerprint density at radius 2 is 1.59 bits per heavy atom. The number of tetrazole rings is 1. The number of H-pyrrole nitrogens is 1. The summed E-state index contributed by atoms with van der Waals surface area (Å²) in [5.74, 6) is -0.542. The van der Waals surface area contributed by atoms with Crippen LogP contribution in [0.2, 0.25) is 0 Å². The van der Waals surface area contributed by atoms with Crippen molar-refractivity contribution in [2.45, 2.75) is 25.2 Å². The Balaban J connectivity index is 1.66. The van der Waals surface area contributed by atoms with E-state index in [9.17, 15) is 30.7 Å². The number of nitrogens with zero attached hydrogens (tertiary/aromatic N) is 3. The SMILES string of the molecule is Fc1c(CCc2cc(C(F)(F)F)c(Br)c(C(F)(F)F)c2)ccc2cc(-c3nn[nH]n3)oc12. The van der Waals surface area contributed by atoms with Gasteiger partial charge in [0.05, 0.1) is 11.1 Å². The highest BCUT2D eigenvalue weighted by atomic mass is 79.9. The van der Waals surface area contributed by atoms with Gasteiger partial charge in [-0.15, -0.1) is 10.2 Å². The molecule has 0 atom stereocenters. The van der Waals surface area contributed by atoms with E-state index in [0.717, 1.165) is 0 Å². The zero-order chi connectivity index (χ0) is 23.3. The highest BCUT2D eigenvalue weighted by Crippen LogP contribution is 2.43. The number of alkyl halides is 6. The molecule has 0 unspecified atom stereocenters. The van der Waals surface area contributed by atoms with E-state index in [2.05, 4.69) is 36.6 Å². The summed E-state index contributed by atoms with van der Waals surface area (Å²) < 4.78 is 98.6. The lowest BCUT2D eigenvalue weighted by Gasteiger charge is -2.17. The second kappa shape index (κ2) is 7.87. The zero-order valence-corrected chi connectivity index (χ0v) is 17.2. The molecule has 0 aliphatic rings. The van der Waals surface area contributed by atoms with Crippen LogP contribution in [0.1, 0.15) is 22.3 Å². The molecule has 2 aromatic carbocycles. The van der Waals surface area contributed by atoms with Gasteiger partial charge in [0, 0.05) is 9.86 Å². The Morgan fingerprint density at radius 3 is 2.16 bits per heavy atom. The van der Waals surface area contributed by atoms with Gasteiger partial charge in [-0.2, -0.15) is 31.6 Å². The zero-order valence-electron chi connectivity index (χ0n) is 15.6. The van der Waals surface area contributed by atoms with Crippen LogP contribution in [0.3, 0.4) is 0 Å². The van der Waals surface area contributed by atoms with Crippen LogP contribution in [-0.2, 0) is 25.2 Å². The van der Waals surface area contributed by atoms with Crippen LogP contribution in [0.15, 0.2) is 39.2 Å². The van der Waals surface area contributed by atoms with E-state index >= 15 is 0 Å². The van der Waals surface area contributed by atoms with Gasteiger partial charge in [0.15, 0.2) is 17.2 Å². The van der Waals surface area contributed by atoms with E-state index in [0.29, 0.717) is 17.5 Å². The molecule has 1 N–H and O–H groups in total. The molecule has 0 radical (unpaired) electrons. The number of hydrogen-bond acceptors (Lipinski definition) is 4. The van der Waals surface area contributed by atoms with Crippen molar-refractivity contribution in [2.75, 3.05) is 0 Å². The van der Waals surface area contributed by atoms with Gasteiger partial charge in [-0.05, 0) is 63.3 Å². The third-order valence-corrected chi connectivity index (χ3v) is 5.55. The Hall–Kier alpha value is -2.96. The van der Waals surface area contributed by atoms with Crippen LogP contribution < -0.4 is 0 Å². The summed E-state index contributed by atoms with van der Waals surface area (Å²) in [5.41, 5.74) is -3.20. The predicted octanol–water partition coefficient (Wildman–Crippen LogP) is 6.34. The number of halogens is 8. The fourth-order valence-electron chi connectivity index (χ4n) is 3.20. The van der Waals surface area contributed by atoms with E-state index in [1.54, 1.807) is 0 Å². The molecule has 32 heavy (non-hydrogen) atoms. The fourth-order valence-corrected chi connectivity index (χ4v) is 3.88. The van der Waals surface area contributed by atoms with Crippen molar-refractivity contribution in [3.63, 3.8) is 0 Å². The minimum atomic E-state index is -5.00. The van der Waals surface area contributed by atoms with Crippen molar-refractivity contribution in [3.05, 3.63) is 62.9 Å². The van der Waals surface area contributed by atoms with Crippen LogP contribution in [0.4, 0.5) is 30.7 Å². The lowest BCUT2D eigenvalue weighted by Crippen LogP contribution is -2.14. The maximum Gasteiger partial charge on any atom is 0.417 e. The first-order chi connectivity index (χ1) is 14.9. The third kappa shape index (κ3) is 4.20. The lowest BCUT2D eigenvalue weighted by atomic mass is 9.98. The summed E-state index contributed by atoms with van der Waals surface area (Å²) in [4.78, 5) is 0. The number of hydrogen-bond donors (Lipinski definition) is 1. The molecule has 2 aromatic heterocycles. The largest absolute Gasteiger partial charge is 0.449 e. The van der Waals surface area contributed by atoms with E-state index < -0.39 is 33.8 Å². The van der Waals surface area contributed by atoms with Gasteiger partial charge in [0.1, 0.15) is 0 Å². The number of aromatic nitrogens is 4. The average Bonchev–Trinajstić information content (AvgIpc) is 3.36. The molecule has 4 rings (SSSR count). The standard InChI is InChI=1S/C19H10BrF7N4O/c20-14-11(18(22,23)24)5-8(6-12(14)19(25,26)27)1-2-9-3-4-10-7-13(17-28-30-31-29-17)32-16(10)15(9)21/h3-7H,1-2H2,(H,28,29,30,31). The summed E-state index contributed by atoms with van der Waals surface area (Å²) in [6.07, 6.45) is -10.4. The van der Waals surface area contributed by atoms with Gasteiger partial charge in [0.25, 0.3) is 0 Å². The quantitative estimate of drug-likeness (QED) is 0.318. The molecular formula is C19H10BrF7N4O. The number of benzene rings is 2. The fraction of sp³-hybridized carbons (Fsp3) is 0.211. The van der Waals surface area contributed by atoms with Crippen molar-refractivity contribution in [3.8, 4) is 11.6 Å². The summed E-state index contributed by atoms with van der Waals surface area (Å²) in [5, 5.41) is 13.4. The summed E-state index contributed by atoms with van der Waals surface area (Å²) in [6, 6.07) is 5.63. The van der Waals surface area contributed by atoms with Crippen molar-refractivity contribution >= 4 is 26.9 Å². The van der Waals surface area contributed by atoms with E-state index in [1.165, 1.54) is 18.2 Å². The summed E-state index contributed by atoms with van der Waals surface area (Å²) >= 11 is 2.41. The topological polar surface area (TPSA) is 67.6 Å². The van der Waals surface area contributed by atoms with E-state index in [-0.39, 0.29) is 41.1 Å². The second-order valence-electron chi connectivity index (χ2n) is 6.80. The molecule has 0 bridgehead atoms. The molecular weight excluding hydrogens is 513 g/mol. The second-order valence-corrected chi connectivity index (χ2v) is 7.60. The van der Waals surface area contributed by atoms with Crippen LogP contribution in [0.5, 0.6) is 0 Å². The minimum absolute atomic E-state index is 0.0662. The molecule has 0 aliphatic heterocycles. The maximum absolute atomic E-state index is 14.9. The summed E-state index contributed by atoms with van der Waals surface area (Å²) in [7, 11) is 0. The van der Waals surface area contributed by atoms with Gasteiger partial charge < -0.3 is 4.42 Å². The van der Waals surface area contributed by atoms with Crippen LogP contribution in [-0.4, -0.2) is 20.6 Å². The number of aryl methyl sites for hydroxylation is 2.